The summed E-state index contributed by atoms with van der Waals surface area (Å²) in [6, 6.07) is 5.44. The van der Waals surface area contributed by atoms with E-state index in [-0.39, 0.29) is 30.8 Å². The first-order valence-electron chi connectivity index (χ1n) is 5.96. The molecule has 0 aromatic heterocycles. The molecule has 0 radical (unpaired) electrons. The molecule has 0 N–H and O–H groups in total. The number of hydrogen-bond acceptors (Lipinski definition) is 3. The van der Waals surface area contributed by atoms with Crippen LogP contribution in [0.4, 0.5) is 4.39 Å². The molecule has 0 saturated carbocycles. The maximum Gasteiger partial charge on any atom is 0.261 e. The molecule has 1 heterocycles. The molecule has 19 heavy (non-hydrogen) atoms. The molecule has 2 rings (SSSR count). The summed E-state index contributed by atoms with van der Waals surface area (Å²) in [6.07, 6.45) is 0. The monoisotopic (exact) mass is 266 g/mol. The quantitative estimate of drug-likeness (QED) is 0.800. The fraction of sp³-hybridized carbons (Fsp3) is 0.385. The molecule has 5 nitrogen and oxygen atoms in total. The Bertz CT molecular complexity index is 475. The van der Waals surface area contributed by atoms with E-state index in [1.807, 2.05) is 0 Å². The molecule has 0 spiro atoms. The number of carbonyl (C=O) groups excluding carboxylic acids is 2. The van der Waals surface area contributed by atoms with Crippen molar-refractivity contribution >= 4 is 11.8 Å². The molecule has 1 aliphatic rings. The van der Waals surface area contributed by atoms with Gasteiger partial charge < -0.3 is 14.5 Å². The van der Waals surface area contributed by atoms with Gasteiger partial charge >= 0.3 is 0 Å². The largest absolute Gasteiger partial charge is 0.484 e. The number of rotatable bonds is 3. The summed E-state index contributed by atoms with van der Waals surface area (Å²) in [4.78, 5) is 26.4. The molecule has 0 bridgehead atoms. The zero-order chi connectivity index (χ0) is 13.8. The zero-order valence-electron chi connectivity index (χ0n) is 10.6. The number of likely N-dealkylation sites (N-methyl/N-ethyl adjacent to an activating group) is 1. The van der Waals surface area contributed by atoms with Crippen LogP contribution >= 0.6 is 0 Å². The van der Waals surface area contributed by atoms with Gasteiger partial charge in [0.2, 0.25) is 5.91 Å². The van der Waals surface area contributed by atoms with Crippen LogP contribution in [0.3, 0.4) is 0 Å². The van der Waals surface area contributed by atoms with Crippen LogP contribution in [-0.4, -0.2) is 54.9 Å². The Kier molecular flexibility index (Phi) is 3.99. The Hall–Kier alpha value is -2.11. The SMILES string of the molecule is CN1CCN(C(=O)COc2ccc(F)cc2)CC1=O. The fourth-order valence-electron chi connectivity index (χ4n) is 1.74. The molecule has 1 saturated heterocycles. The molecule has 0 unspecified atom stereocenters. The van der Waals surface area contributed by atoms with Crippen molar-refractivity contribution in [1.29, 1.82) is 0 Å². The lowest BCUT2D eigenvalue weighted by Crippen LogP contribution is -2.51. The number of piperazine rings is 1. The highest BCUT2D eigenvalue weighted by Gasteiger charge is 2.24. The summed E-state index contributed by atoms with van der Waals surface area (Å²) in [5.74, 6) is -0.259. The summed E-state index contributed by atoms with van der Waals surface area (Å²) in [5.41, 5.74) is 0. The lowest BCUT2D eigenvalue weighted by Gasteiger charge is -2.31. The first-order chi connectivity index (χ1) is 9.06. The van der Waals surface area contributed by atoms with Crippen LogP contribution in [0.2, 0.25) is 0 Å². The summed E-state index contributed by atoms with van der Waals surface area (Å²) in [5, 5.41) is 0. The van der Waals surface area contributed by atoms with Crippen molar-refractivity contribution in [1.82, 2.24) is 9.80 Å². The molecular weight excluding hydrogens is 251 g/mol. The summed E-state index contributed by atoms with van der Waals surface area (Å²) >= 11 is 0. The minimum atomic E-state index is -0.358. The molecule has 102 valence electrons. The summed E-state index contributed by atoms with van der Waals surface area (Å²) in [7, 11) is 1.71. The Morgan fingerprint density at radius 3 is 2.63 bits per heavy atom. The van der Waals surface area contributed by atoms with E-state index in [0.29, 0.717) is 18.8 Å². The number of ether oxygens (including phenoxy) is 1. The van der Waals surface area contributed by atoms with Crippen LogP contribution in [0.15, 0.2) is 24.3 Å². The van der Waals surface area contributed by atoms with Gasteiger partial charge in [0.1, 0.15) is 11.6 Å². The lowest BCUT2D eigenvalue weighted by molar-refractivity contribution is -0.145. The summed E-state index contributed by atoms with van der Waals surface area (Å²) < 4.78 is 17.9. The summed E-state index contributed by atoms with van der Waals surface area (Å²) in [6.45, 7) is 0.972. The van der Waals surface area contributed by atoms with Crippen LogP contribution in [0.25, 0.3) is 0 Å². The van der Waals surface area contributed by atoms with E-state index < -0.39 is 0 Å². The van der Waals surface area contributed by atoms with E-state index in [9.17, 15) is 14.0 Å². The predicted octanol–water partition coefficient (Wildman–Crippen LogP) is 0.505. The molecule has 0 atom stereocenters. The minimum absolute atomic E-state index is 0.0821. The Labute approximate surface area is 110 Å². The topological polar surface area (TPSA) is 49.9 Å². The van der Waals surface area contributed by atoms with Crippen LogP contribution < -0.4 is 4.74 Å². The molecular formula is C13H15FN2O3. The third kappa shape index (κ3) is 3.43. The highest BCUT2D eigenvalue weighted by atomic mass is 19.1. The highest BCUT2D eigenvalue weighted by Crippen LogP contribution is 2.11. The van der Waals surface area contributed by atoms with Crippen LogP contribution in [-0.2, 0) is 9.59 Å². The van der Waals surface area contributed by atoms with Gasteiger partial charge in [0.05, 0.1) is 6.54 Å². The Balaban J connectivity index is 1.84. The average Bonchev–Trinajstić information content (AvgIpc) is 2.41. The van der Waals surface area contributed by atoms with Crippen LogP contribution in [0, 0.1) is 5.82 Å². The van der Waals surface area contributed by atoms with E-state index >= 15 is 0 Å². The van der Waals surface area contributed by atoms with E-state index in [0.717, 1.165) is 0 Å². The van der Waals surface area contributed by atoms with E-state index in [1.54, 1.807) is 11.9 Å². The first kappa shape index (κ1) is 13.3. The normalized spacial score (nSPS) is 15.6. The third-order valence-corrected chi connectivity index (χ3v) is 2.99. The van der Waals surface area contributed by atoms with Crippen molar-refractivity contribution < 1.29 is 18.7 Å². The molecule has 1 aliphatic heterocycles. The van der Waals surface area contributed by atoms with E-state index in [1.165, 1.54) is 29.2 Å². The molecule has 1 aromatic carbocycles. The second-order valence-electron chi connectivity index (χ2n) is 4.37. The van der Waals surface area contributed by atoms with E-state index in [4.69, 9.17) is 4.74 Å². The number of benzene rings is 1. The Morgan fingerprint density at radius 2 is 2.00 bits per heavy atom. The Morgan fingerprint density at radius 1 is 1.32 bits per heavy atom. The zero-order valence-corrected chi connectivity index (χ0v) is 10.6. The van der Waals surface area contributed by atoms with Gasteiger partial charge in [0, 0.05) is 20.1 Å². The maximum absolute atomic E-state index is 12.7. The maximum atomic E-state index is 12.7. The highest BCUT2D eigenvalue weighted by molar-refractivity contribution is 5.86. The second kappa shape index (κ2) is 5.69. The lowest BCUT2D eigenvalue weighted by atomic mass is 10.3. The van der Waals surface area contributed by atoms with Crippen LogP contribution in [0.5, 0.6) is 5.75 Å². The van der Waals surface area contributed by atoms with Gasteiger partial charge in [-0.15, -0.1) is 0 Å². The van der Waals surface area contributed by atoms with Crippen molar-refractivity contribution in [3.63, 3.8) is 0 Å². The van der Waals surface area contributed by atoms with E-state index in [2.05, 4.69) is 0 Å². The fourth-order valence-corrected chi connectivity index (χ4v) is 1.74. The number of carbonyl (C=O) groups is 2. The smallest absolute Gasteiger partial charge is 0.261 e. The third-order valence-electron chi connectivity index (χ3n) is 2.99. The van der Waals surface area contributed by atoms with Gasteiger partial charge in [-0.25, -0.2) is 4.39 Å². The number of hydrogen-bond donors (Lipinski definition) is 0. The number of halogens is 1. The second-order valence-corrected chi connectivity index (χ2v) is 4.37. The molecule has 1 aromatic rings. The molecule has 1 fully saturated rings. The number of nitrogens with zero attached hydrogens (tertiary/aromatic N) is 2. The van der Waals surface area contributed by atoms with Crippen molar-refractivity contribution in [3.8, 4) is 5.75 Å². The molecule has 2 amide bonds. The van der Waals surface area contributed by atoms with Crippen molar-refractivity contribution in [2.45, 2.75) is 0 Å². The predicted molar refractivity (Wildman–Crippen MR) is 66.1 cm³/mol. The van der Waals surface area contributed by atoms with Crippen molar-refractivity contribution in [2.24, 2.45) is 0 Å². The standard InChI is InChI=1S/C13H15FN2O3/c1-15-6-7-16(8-12(15)17)13(18)9-19-11-4-2-10(14)3-5-11/h2-5H,6-9H2,1H3. The molecule has 6 heteroatoms. The van der Waals surface area contributed by atoms with Gasteiger partial charge in [0.25, 0.3) is 5.91 Å². The van der Waals surface area contributed by atoms with Crippen molar-refractivity contribution in [2.75, 3.05) is 33.3 Å². The van der Waals surface area contributed by atoms with Crippen LogP contribution in [0.1, 0.15) is 0 Å². The van der Waals surface area contributed by atoms with Gasteiger partial charge in [0.15, 0.2) is 6.61 Å². The molecule has 0 aliphatic carbocycles. The van der Waals surface area contributed by atoms with Crippen molar-refractivity contribution in [3.05, 3.63) is 30.1 Å². The average molecular weight is 266 g/mol. The van der Waals surface area contributed by atoms with Gasteiger partial charge in [-0.05, 0) is 24.3 Å². The van der Waals surface area contributed by atoms with Gasteiger partial charge in [-0.2, -0.15) is 0 Å². The van der Waals surface area contributed by atoms with Gasteiger partial charge in [-0.3, -0.25) is 9.59 Å². The number of amides is 2. The first-order valence-corrected chi connectivity index (χ1v) is 5.96. The van der Waals surface area contributed by atoms with Gasteiger partial charge in [-0.1, -0.05) is 0 Å². The minimum Gasteiger partial charge on any atom is -0.484 e.